The van der Waals surface area contributed by atoms with Crippen molar-refractivity contribution in [3.05, 3.63) is 18.1 Å². The molecule has 1 aromatic heterocycles. The molecule has 22 heavy (non-hydrogen) atoms. The van der Waals surface area contributed by atoms with Crippen molar-refractivity contribution >= 4 is 16.9 Å². The van der Waals surface area contributed by atoms with Gasteiger partial charge >= 0.3 is 6.09 Å². The van der Waals surface area contributed by atoms with Crippen molar-refractivity contribution in [2.45, 2.75) is 56.4 Å². The van der Waals surface area contributed by atoms with Gasteiger partial charge in [-0.15, -0.1) is 0 Å². The van der Waals surface area contributed by atoms with Crippen molar-refractivity contribution in [3.63, 3.8) is 0 Å². The van der Waals surface area contributed by atoms with Crippen LogP contribution < -0.4 is 0 Å². The van der Waals surface area contributed by atoms with Gasteiger partial charge in [-0.25, -0.2) is 9.78 Å². The Morgan fingerprint density at radius 3 is 2.68 bits per heavy atom. The number of aryl methyl sites for hydroxylation is 1. The Bertz CT molecular complexity index is 571. The molecule has 0 N–H and O–H groups in total. The highest BCUT2D eigenvalue weighted by atomic mass is 32.2. The minimum Gasteiger partial charge on any atom is -0.444 e. The van der Waals surface area contributed by atoms with Crippen molar-refractivity contribution in [2.24, 2.45) is 0 Å². The molecule has 0 radical (unpaired) electrons. The van der Waals surface area contributed by atoms with Crippen LogP contribution in [0.1, 0.15) is 39.3 Å². The summed E-state index contributed by atoms with van der Waals surface area (Å²) >= 11 is 0. The monoisotopic (exact) mass is 325 g/mol. The number of aromatic nitrogens is 2. The second kappa shape index (κ2) is 6.73. The number of hydrogen-bond acceptors (Lipinski definition) is 5. The molecule has 0 saturated carbocycles. The highest BCUT2D eigenvalue weighted by Crippen LogP contribution is 2.22. The highest BCUT2D eigenvalue weighted by molar-refractivity contribution is 7.85. The molecular weight excluding hydrogens is 302 g/mol. The summed E-state index contributed by atoms with van der Waals surface area (Å²) < 4.78 is 18.1. The second-order valence-electron chi connectivity index (χ2n) is 6.43. The van der Waals surface area contributed by atoms with Crippen molar-refractivity contribution in [1.82, 2.24) is 14.9 Å². The van der Waals surface area contributed by atoms with Crippen LogP contribution in [0.2, 0.25) is 0 Å². The van der Waals surface area contributed by atoms with Gasteiger partial charge in [0.05, 0.1) is 21.7 Å². The largest absolute Gasteiger partial charge is 0.444 e. The zero-order chi connectivity index (χ0) is 16.3. The van der Waals surface area contributed by atoms with Gasteiger partial charge in [0.2, 0.25) is 0 Å². The summed E-state index contributed by atoms with van der Waals surface area (Å²) in [6, 6.07) is 0. The lowest BCUT2D eigenvalue weighted by atomic mass is 10.1. The topological polar surface area (TPSA) is 72.4 Å². The minimum absolute atomic E-state index is 0.128. The SMILES string of the molecule is Cc1nccnc1[S@](=O)[C@@H]1CCCN(C(=O)OC(C)(C)C)C1. The van der Waals surface area contributed by atoms with E-state index in [4.69, 9.17) is 4.74 Å². The van der Waals surface area contributed by atoms with Gasteiger partial charge in [0.25, 0.3) is 0 Å². The van der Waals surface area contributed by atoms with Crippen LogP contribution in [0, 0.1) is 6.92 Å². The molecule has 0 unspecified atom stereocenters. The Balaban J connectivity index is 2.06. The van der Waals surface area contributed by atoms with Crippen LogP contribution in [-0.2, 0) is 15.5 Å². The molecule has 0 aromatic carbocycles. The zero-order valence-electron chi connectivity index (χ0n) is 13.5. The molecular formula is C15H23N3O3S. The summed E-state index contributed by atoms with van der Waals surface area (Å²) in [5.41, 5.74) is 0.153. The number of hydrogen-bond donors (Lipinski definition) is 0. The number of nitrogens with zero attached hydrogens (tertiary/aromatic N) is 3. The van der Waals surface area contributed by atoms with Crippen LogP contribution >= 0.6 is 0 Å². The summed E-state index contributed by atoms with van der Waals surface area (Å²) in [6.45, 7) is 8.39. The normalized spacial score (nSPS) is 20.5. The number of piperidine rings is 1. The van der Waals surface area contributed by atoms with E-state index in [1.807, 2.05) is 20.8 Å². The van der Waals surface area contributed by atoms with Crippen molar-refractivity contribution < 1.29 is 13.7 Å². The van der Waals surface area contributed by atoms with Gasteiger partial charge in [-0.3, -0.25) is 9.19 Å². The fourth-order valence-corrected chi connectivity index (χ4v) is 3.88. The van der Waals surface area contributed by atoms with Gasteiger partial charge in [0.15, 0.2) is 0 Å². The Morgan fingerprint density at radius 1 is 1.36 bits per heavy atom. The molecule has 122 valence electrons. The molecule has 1 aliphatic heterocycles. The molecule has 1 aromatic rings. The Kier molecular flexibility index (Phi) is 5.16. The predicted molar refractivity (Wildman–Crippen MR) is 84.0 cm³/mol. The van der Waals surface area contributed by atoms with E-state index in [1.54, 1.807) is 24.2 Å². The van der Waals surface area contributed by atoms with E-state index in [2.05, 4.69) is 9.97 Å². The summed E-state index contributed by atoms with van der Waals surface area (Å²) in [4.78, 5) is 22.1. The molecule has 7 heteroatoms. The third-order valence-electron chi connectivity index (χ3n) is 3.36. The van der Waals surface area contributed by atoms with Gasteiger partial charge < -0.3 is 9.64 Å². The maximum atomic E-state index is 12.7. The lowest BCUT2D eigenvalue weighted by Crippen LogP contribution is -2.46. The molecule has 2 atom stereocenters. The van der Waals surface area contributed by atoms with Crippen LogP contribution in [0.5, 0.6) is 0 Å². The summed E-state index contributed by atoms with van der Waals surface area (Å²) in [5.74, 6) is 0. The first-order valence-electron chi connectivity index (χ1n) is 7.44. The second-order valence-corrected chi connectivity index (χ2v) is 8.08. The van der Waals surface area contributed by atoms with Gasteiger partial charge in [0, 0.05) is 25.5 Å². The first-order chi connectivity index (χ1) is 10.3. The Labute approximate surface area is 133 Å². The van der Waals surface area contributed by atoms with E-state index in [9.17, 15) is 9.00 Å². The van der Waals surface area contributed by atoms with Crippen LogP contribution in [0.4, 0.5) is 4.79 Å². The van der Waals surface area contributed by atoms with Crippen molar-refractivity contribution in [2.75, 3.05) is 13.1 Å². The number of ether oxygens (including phenoxy) is 1. The third-order valence-corrected chi connectivity index (χ3v) is 5.13. The summed E-state index contributed by atoms with van der Waals surface area (Å²) in [5, 5.41) is 0.384. The summed E-state index contributed by atoms with van der Waals surface area (Å²) in [7, 11) is -1.26. The number of amides is 1. The van der Waals surface area contributed by atoms with E-state index in [-0.39, 0.29) is 11.3 Å². The number of likely N-dealkylation sites (tertiary alicyclic amines) is 1. The van der Waals surface area contributed by atoms with E-state index >= 15 is 0 Å². The third kappa shape index (κ3) is 4.25. The van der Waals surface area contributed by atoms with E-state index in [1.165, 1.54) is 0 Å². The van der Waals surface area contributed by atoms with Crippen molar-refractivity contribution in [3.8, 4) is 0 Å². The van der Waals surface area contributed by atoms with Gasteiger partial charge in [-0.05, 0) is 40.5 Å². The number of rotatable bonds is 2. The van der Waals surface area contributed by atoms with Crippen LogP contribution in [0.25, 0.3) is 0 Å². The lowest BCUT2D eigenvalue weighted by Gasteiger charge is -2.33. The lowest BCUT2D eigenvalue weighted by molar-refractivity contribution is 0.0219. The Hall–Kier alpha value is -1.50. The number of carbonyl (C=O) groups is 1. The Morgan fingerprint density at radius 2 is 2.05 bits per heavy atom. The summed E-state index contributed by atoms with van der Waals surface area (Å²) in [6.07, 6.45) is 4.42. The highest BCUT2D eigenvalue weighted by Gasteiger charge is 2.31. The fourth-order valence-electron chi connectivity index (χ4n) is 2.36. The molecule has 1 aliphatic rings. The number of carbonyl (C=O) groups excluding carboxylic acids is 1. The maximum Gasteiger partial charge on any atom is 0.410 e. The van der Waals surface area contributed by atoms with E-state index in [0.717, 1.165) is 12.8 Å². The van der Waals surface area contributed by atoms with Crippen LogP contribution in [-0.4, -0.2) is 49.1 Å². The standard InChI is InChI=1S/C15H23N3O3S/c1-11-13(17-8-7-16-11)22(20)12-6-5-9-18(10-12)14(19)21-15(2,3)4/h7-8,12H,5-6,9-10H2,1-4H3/t12-,22-/m1/s1. The quantitative estimate of drug-likeness (QED) is 0.834. The van der Waals surface area contributed by atoms with Gasteiger partial charge in [0.1, 0.15) is 10.6 Å². The minimum atomic E-state index is -1.26. The first-order valence-corrected chi connectivity index (χ1v) is 8.65. The van der Waals surface area contributed by atoms with Crippen molar-refractivity contribution in [1.29, 1.82) is 0 Å². The van der Waals surface area contributed by atoms with E-state index < -0.39 is 16.4 Å². The predicted octanol–water partition coefficient (Wildman–Crippen LogP) is 2.29. The molecule has 2 heterocycles. The fraction of sp³-hybridized carbons (Fsp3) is 0.667. The van der Waals surface area contributed by atoms with Gasteiger partial charge in [-0.2, -0.15) is 0 Å². The van der Waals surface area contributed by atoms with Gasteiger partial charge in [-0.1, -0.05) is 0 Å². The molecule has 1 fully saturated rings. The maximum absolute atomic E-state index is 12.7. The molecule has 6 nitrogen and oxygen atoms in total. The molecule has 0 bridgehead atoms. The molecule has 1 amide bonds. The first kappa shape index (κ1) is 16.9. The molecule has 0 spiro atoms. The molecule has 2 rings (SSSR count). The van der Waals surface area contributed by atoms with Crippen LogP contribution in [0.15, 0.2) is 17.4 Å². The smallest absolute Gasteiger partial charge is 0.410 e. The molecule has 1 saturated heterocycles. The van der Waals surface area contributed by atoms with E-state index in [0.29, 0.717) is 23.8 Å². The zero-order valence-corrected chi connectivity index (χ0v) is 14.4. The average Bonchev–Trinajstić information content (AvgIpc) is 2.45. The van der Waals surface area contributed by atoms with Crippen LogP contribution in [0.3, 0.4) is 0 Å². The molecule has 0 aliphatic carbocycles. The average molecular weight is 325 g/mol.